The van der Waals surface area contributed by atoms with E-state index in [-0.39, 0.29) is 16.8 Å². The molecule has 2 aliphatic rings. The Morgan fingerprint density at radius 3 is 2.74 bits per heavy atom. The van der Waals surface area contributed by atoms with Gasteiger partial charge in [0.1, 0.15) is 16.7 Å². The molecule has 2 unspecified atom stereocenters. The first kappa shape index (κ1) is 16.3. The molecule has 1 amide bonds. The van der Waals surface area contributed by atoms with E-state index in [4.69, 9.17) is 4.74 Å². The molecule has 0 aliphatic carbocycles. The minimum Gasteiger partial charge on any atom is -0.495 e. The van der Waals surface area contributed by atoms with Crippen molar-refractivity contribution >= 4 is 15.9 Å². The minimum absolute atomic E-state index is 0.00993. The van der Waals surface area contributed by atoms with Crippen LogP contribution in [-0.2, 0) is 14.8 Å². The first-order valence-electron chi connectivity index (χ1n) is 7.83. The number of piperazine rings is 1. The topological polar surface area (TPSA) is 66.9 Å². The lowest BCUT2D eigenvalue weighted by molar-refractivity contribution is -0.139. The molecule has 23 heavy (non-hydrogen) atoms. The van der Waals surface area contributed by atoms with E-state index in [1.807, 2.05) is 11.8 Å². The first-order valence-corrected chi connectivity index (χ1v) is 9.27. The predicted octanol–water partition coefficient (Wildman–Crippen LogP) is 1.39. The summed E-state index contributed by atoms with van der Waals surface area (Å²) in [5, 5.41) is 0. The highest BCUT2D eigenvalue weighted by atomic mass is 32.2. The monoisotopic (exact) mass is 338 g/mol. The molecule has 1 aromatic rings. The second-order valence-corrected chi connectivity index (χ2v) is 8.09. The van der Waals surface area contributed by atoms with E-state index in [0.29, 0.717) is 12.3 Å². The van der Waals surface area contributed by atoms with Crippen molar-refractivity contribution < 1.29 is 17.9 Å². The van der Waals surface area contributed by atoms with Crippen LogP contribution in [0.25, 0.3) is 0 Å². The molecule has 0 bridgehead atoms. The largest absolute Gasteiger partial charge is 0.495 e. The zero-order valence-corrected chi connectivity index (χ0v) is 14.5. The standard InChI is InChI=1S/C16H22N2O4S/c1-11-6-7-14(22-3)15(9-11)23(20,21)18-10-13-5-4-8-17(13)16(19)12(18)2/h6-7,9,12-13H,4-5,8,10H2,1-3H3. The molecular weight excluding hydrogens is 316 g/mol. The van der Waals surface area contributed by atoms with Crippen molar-refractivity contribution in [2.24, 2.45) is 0 Å². The van der Waals surface area contributed by atoms with Crippen molar-refractivity contribution in [3.05, 3.63) is 23.8 Å². The quantitative estimate of drug-likeness (QED) is 0.835. The number of ether oxygens (including phenoxy) is 1. The number of carbonyl (C=O) groups excluding carboxylic acids is 1. The third-order valence-corrected chi connectivity index (χ3v) is 6.70. The van der Waals surface area contributed by atoms with Gasteiger partial charge in [0.05, 0.1) is 7.11 Å². The van der Waals surface area contributed by atoms with Crippen molar-refractivity contribution in [1.82, 2.24) is 9.21 Å². The molecular formula is C16H22N2O4S. The van der Waals surface area contributed by atoms with Crippen LogP contribution in [0.1, 0.15) is 25.3 Å². The molecule has 3 rings (SSSR count). The van der Waals surface area contributed by atoms with Gasteiger partial charge in [0, 0.05) is 19.1 Å². The fraction of sp³-hybridized carbons (Fsp3) is 0.562. The van der Waals surface area contributed by atoms with Gasteiger partial charge in [-0.15, -0.1) is 0 Å². The van der Waals surface area contributed by atoms with E-state index in [0.717, 1.165) is 24.9 Å². The number of hydrogen-bond acceptors (Lipinski definition) is 4. The van der Waals surface area contributed by atoms with Crippen LogP contribution in [0.3, 0.4) is 0 Å². The average Bonchev–Trinajstić information content (AvgIpc) is 2.99. The lowest BCUT2D eigenvalue weighted by atomic mass is 10.1. The number of methoxy groups -OCH3 is 1. The second-order valence-electron chi connectivity index (χ2n) is 6.23. The lowest BCUT2D eigenvalue weighted by Gasteiger charge is -2.40. The molecule has 2 atom stereocenters. The number of amides is 1. The van der Waals surface area contributed by atoms with Gasteiger partial charge in [-0.1, -0.05) is 6.07 Å². The molecule has 0 N–H and O–H groups in total. The minimum atomic E-state index is -3.79. The number of fused-ring (bicyclic) bond motifs is 1. The smallest absolute Gasteiger partial charge is 0.247 e. The summed E-state index contributed by atoms with van der Waals surface area (Å²) >= 11 is 0. The average molecular weight is 338 g/mol. The zero-order chi connectivity index (χ0) is 16.8. The fourth-order valence-electron chi connectivity index (χ4n) is 3.46. The summed E-state index contributed by atoms with van der Waals surface area (Å²) < 4.78 is 32.8. The molecule has 2 aliphatic heterocycles. The van der Waals surface area contributed by atoms with Gasteiger partial charge in [0.25, 0.3) is 0 Å². The second kappa shape index (κ2) is 5.79. The maximum Gasteiger partial charge on any atom is 0.247 e. The van der Waals surface area contributed by atoms with Crippen LogP contribution in [-0.4, -0.2) is 55.8 Å². The number of hydrogen-bond donors (Lipinski definition) is 0. The van der Waals surface area contributed by atoms with E-state index in [1.165, 1.54) is 11.4 Å². The van der Waals surface area contributed by atoms with Crippen molar-refractivity contribution in [2.75, 3.05) is 20.2 Å². The van der Waals surface area contributed by atoms with E-state index >= 15 is 0 Å². The molecule has 6 nitrogen and oxygen atoms in total. The Hall–Kier alpha value is -1.60. The third-order valence-electron chi connectivity index (χ3n) is 4.75. The molecule has 0 radical (unpaired) electrons. The van der Waals surface area contributed by atoms with Crippen molar-refractivity contribution in [2.45, 2.75) is 43.7 Å². The first-order chi connectivity index (χ1) is 10.9. The molecule has 7 heteroatoms. The Bertz CT molecular complexity index is 732. The summed E-state index contributed by atoms with van der Waals surface area (Å²) in [5.41, 5.74) is 0.836. The van der Waals surface area contributed by atoms with Gasteiger partial charge in [-0.25, -0.2) is 8.42 Å². The summed E-state index contributed by atoms with van der Waals surface area (Å²) in [6, 6.07) is 4.37. The maximum absolute atomic E-state index is 13.1. The highest BCUT2D eigenvalue weighted by molar-refractivity contribution is 7.89. The number of rotatable bonds is 3. The van der Waals surface area contributed by atoms with Crippen LogP contribution in [0, 0.1) is 6.92 Å². The maximum atomic E-state index is 13.1. The van der Waals surface area contributed by atoms with Gasteiger partial charge >= 0.3 is 0 Å². The molecule has 0 spiro atoms. The van der Waals surface area contributed by atoms with Crippen LogP contribution >= 0.6 is 0 Å². The van der Waals surface area contributed by atoms with Crippen molar-refractivity contribution in [1.29, 1.82) is 0 Å². The van der Waals surface area contributed by atoms with Crippen molar-refractivity contribution in [3.8, 4) is 5.75 Å². The lowest BCUT2D eigenvalue weighted by Crippen LogP contribution is -2.59. The normalized spacial score (nSPS) is 25.5. The Morgan fingerprint density at radius 1 is 1.30 bits per heavy atom. The number of nitrogens with zero attached hydrogens (tertiary/aromatic N) is 2. The Labute approximate surface area is 137 Å². The predicted molar refractivity (Wildman–Crippen MR) is 85.8 cm³/mol. The number of benzene rings is 1. The molecule has 1 aromatic carbocycles. The van der Waals surface area contributed by atoms with E-state index in [1.54, 1.807) is 25.1 Å². The summed E-state index contributed by atoms with van der Waals surface area (Å²) in [6.45, 7) is 4.58. The van der Waals surface area contributed by atoms with Crippen LogP contribution in [0.4, 0.5) is 0 Å². The van der Waals surface area contributed by atoms with Crippen LogP contribution < -0.4 is 4.74 Å². The zero-order valence-electron chi connectivity index (χ0n) is 13.7. The molecule has 0 saturated carbocycles. The molecule has 2 fully saturated rings. The van der Waals surface area contributed by atoms with Gasteiger partial charge in [0.2, 0.25) is 15.9 Å². The van der Waals surface area contributed by atoms with Gasteiger partial charge < -0.3 is 9.64 Å². The van der Waals surface area contributed by atoms with Crippen LogP contribution in [0.15, 0.2) is 23.1 Å². The van der Waals surface area contributed by atoms with E-state index in [9.17, 15) is 13.2 Å². The highest BCUT2D eigenvalue weighted by Crippen LogP contribution is 2.33. The van der Waals surface area contributed by atoms with Gasteiger partial charge in [-0.3, -0.25) is 4.79 Å². The number of carbonyl (C=O) groups is 1. The molecule has 0 aromatic heterocycles. The molecule has 2 saturated heterocycles. The third kappa shape index (κ3) is 2.61. The SMILES string of the molecule is COc1ccc(C)cc1S(=O)(=O)N1CC2CCCN2C(=O)C1C. The van der Waals surface area contributed by atoms with Crippen LogP contribution in [0.2, 0.25) is 0 Å². The van der Waals surface area contributed by atoms with Gasteiger partial charge in [-0.05, 0) is 44.4 Å². The molecule has 126 valence electrons. The van der Waals surface area contributed by atoms with Crippen molar-refractivity contribution in [3.63, 3.8) is 0 Å². The van der Waals surface area contributed by atoms with E-state index in [2.05, 4.69) is 0 Å². The van der Waals surface area contributed by atoms with Gasteiger partial charge in [0.15, 0.2) is 0 Å². The number of sulfonamides is 1. The Kier molecular flexibility index (Phi) is 4.10. The van der Waals surface area contributed by atoms with Gasteiger partial charge in [-0.2, -0.15) is 4.31 Å². The van der Waals surface area contributed by atoms with E-state index < -0.39 is 16.1 Å². The fourth-order valence-corrected chi connectivity index (χ4v) is 5.33. The number of aryl methyl sites for hydroxylation is 1. The summed E-state index contributed by atoms with van der Waals surface area (Å²) in [7, 11) is -2.34. The summed E-state index contributed by atoms with van der Waals surface area (Å²) in [5.74, 6) is 0.207. The molecule has 2 heterocycles. The van der Waals surface area contributed by atoms with Crippen LogP contribution in [0.5, 0.6) is 5.75 Å². The highest BCUT2D eigenvalue weighted by Gasteiger charge is 2.45. The summed E-state index contributed by atoms with van der Waals surface area (Å²) in [4.78, 5) is 14.5. The summed E-state index contributed by atoms with van der Waals surface area (Å²) in [6.07, 6.45) is 1.79. The Morgan fingerprint density at radius 2 is 2.04 bits per heavy atom. The Balaban J connectivity index is 2.02.